The Balaban J connectivity index is 1.46. The highest BCUT2D eigenvalue weighted by Gasteiger charge is 2.50. The number of rotatable bonds is 6. The van der Waals surface area contributed by atoms with E-state index in [0.29, 0.717) is 24.8 Å². The quantitative estimate of drug-likeness (QED) is 0.603. The van der Waals surface area contributed by atoms with Crippen LogP contribution in [0, 0.1) is 11.8 Å². The van der Waals surface area contributed by atoms with Gasteiger partial charge in [0.2, 0.25) is 0 Å². The zero-order valence-electron chi connectivity index (χ0n) is 16.0. The van der Waals surface area contributed by atoms with E-state index < -0.39 is 6.10 Å². The minimum Gasteiger partial charge on any atom is -0.462 e. The molecule has 1 aliphatic carbocycles. The number of carbonyl (C=O) groups is 2. The van der Waals surface area contributed by atoms with Gasteiger partial charge in [0, 0.05) is 24.7 Å². The number of aliphatic hydroxyl groups is 1. The number of hydrogen-bond donors (Lipinski definition) is 1. The van der Waals surface area contributed by atoms with Crippen molar-refractivity contribution in [2.24, 2.45) is 11.8 Å². The first kappa shape index (κ1) is 19.4. The largest absolute Gasteiger partial charge is 0.462 e. The molecule has 5 nitrogen and oxygen atoms in total. The molecule has 0 amide bonds. The third kappa shape index (κ3) is 4.57. The minimum atomic E-state index is -0.653. The van der Waals surface area contributed by atoms with Crippen molar-refractivity contribution in [1.82, 2.24) is 0 Å². The first-order chi connectivity index (χ1) is 14.1. The molecule has 1 heterocycles. The topological polar surface area (TPSA) is 72.8 Å². The summed E-state index contributed by atoms with van der Waals surface area (Å²) in [7, 11) is 0. The van der Waals surface area contributed by atoms with E-state index in [0.717, 1.165) is 5.56 Å². The van der Waals surface area contributed by atoms with Crippen molar-refractivity contribution in [1.29, 1.82) is 0 Å². The second-order valence-corrected chi connectivity index (χ2v) is 7.66. The van der Waals surface area contributed by atoms with E-state index in [1.807, 2.05) is 42.5 Å². The second kappa shape index (κ2) is 8.62. The summed E-state index contributed by atoms with van der Waals surface area (Å²) < 4.78 is 11.2. The Kier molecular flexibility index (Phi) is 5.76. The Labute approximate surface area is 170 Å². The molecule has 2 aromatic rings. The van der Waals surface area contributed by atoms with Crippen LogP contribution in [0.1, 0.15) is 28.8 Å². The molecule has 5 heteroatoms. The summed E-state index contributed by atoms with van der Waals surface area (Å²) in [5, 5.41) is 10.4. The number of hydrogen-bond acceptors (Lipinski definition) is 5. The van der Waals surface area contributed by atoms with Gasteiger partial charge in [-0.2, -0.15) is 0 Å². The molecule has 0 unspecified atom stereocenters. The van der Waals surface area contributed by atoms with Gasteiger partial charge in [0.25, 0.3) is 0 Å². The van der Waals surface area contributed by atoms with E-state index in [1.54, 1.807) is 30.3 Å². The van der Waals surface area contributed by atoms with Crippen molar-refractivity contribution in [3.05, 3.63) is 83.9 Å². The molecule has 0 bridgehead atoms. The summed E-state index contributed by atoms with van der Waals surface area (Å²) in [6, 6.07) is 18.6. The molecule has 1 N–H and O–H groups in total. The fourth-order valence-corrected chi connectivity index (χ4v) is 4.25. The van der Waals surface area contributed by atoms with Crippen LogP contribution in [-0.2, 0) is 20.7 Å². The standard InChI is InChI=1S/C24H24O5/c25-18(13-16-7-3-1-4-8-16)11-12-19-20-14-23(26)28-22(20)15-21(19)29-24(27)17-9-5-2-6-10-17/h1-12,18-22,25H,13-15H2/b12-11+/t18-,19-,20-,21-,22+/m1/s1. The van der Waals surface area contributed by atoms with Crippen LogP contribution in [0.4, 0.5) is 0 Å². The molecule has 1 saturated carbocycles. The predicted octanol–water partition coefficient (Wildman–Crippen LogP) is 3.32. The zero-order chi connectivity index (χ0) is 20.2. The predicted molar refractivity (Wildman–Crippen MR) is 107 cm³/mol. The third-order valence-electron chi connectivity index (χ3n) is 5.66. The third-order valence-corrected chi connectivity index (χ3v) is 5.66. The van der Waals surface area contributed by atoms with Gasteiger partial charge in [-0.05, 0) is 17.7 Å². The van der Waals surface area contributed by atoms with Crippen LogP contribution in [-0.4, -0.2) is 35.4 Å². The maximum atomic E-state index is 12.5. The van der Waals surface area contributed by atoms with Gasteiger partial charge in [-0.25, -0.2) is 4.79 Å². The van der Waals surface area contributed by atoms with Crippen molar-refractivity contribution in [2.75, 3.05) is 0 Å². The molecule has 1 aliphatic heterocycles. The van der Waals surface area contributed by atoms with Gasteiger partial charge < -0.3 is 14.6 Å². The van der Waals surface area contributed by atoms with Gasteiger partial charge in [0.1, 0.15) is 12.2 Å². The summed E-state index contributed by atoms with van der Waals surface area (Å²) in [6.45, 7) is 0. The van der Waals surface area contributed by atoms with Gasteiger partial charge >= 0.3 is 11.9 Å². The number of carbonyl (C=O) groups excluding carboxylic acids is 2. The van der Waals surface area contributed by atoms with Crippen LogP contribution in [0.15, 0.2) is 72.8 Å². The normalized spacial score (nSPS) is 26.9. The van der Waals surface area contributed by atoms with E-state index in [-0.39, 0.29) is 36.0 Å². The molecule has 5 atom stereocenters. The lowest BCUT2D eigenvalue weighted by Crippen LogP contribution is -2.25. The maximum Gasteiger partial charge on any atom is 0.338 e. The van der Waals surface area contributed by atoms with Crippen LogP contribution >= 0.6 is 0 Å². The lowest BCUT2D eigenvalue weighted by Gasteiger charge is -2.20. The van der Waals surface area contributed by atoms with Crippen LogP contribution in [0.3, 0.4) is 0 Å². The molecule has 150 valence electrons. The van der Waals surface area contributed by atoms with Gasteiger partial charge in [0.15, 0.2) is 0 Å². The fourth-order valence-electron chi connectivity index (χ4n) is 4.25. The number of ether oxygens (including phenoxy) is 2. The molecular formula is C24H24O5. The monoisotopic (exact) mass is 392 g/mol. The number of fused-ring (bicyclic) bond motifs is 1. The molecule has 0 spiro atoms. The van der Waals surface area contributed by atoms with Gasteiger partial charge in [-0.3, -0.25) is 4.79 Å². The molecule has 2 aromatic carbocycles. The van der Waals surface area contributed by atoms with E-state index in [2.05, 4.69) is 0 Å². The maximum absolute atomic E-state index is 12.5. The van der Waals surface area contributed by atoms with Crippen LogP contribution in [0.5, 0.6) is 0 Å². The lowest BCUT2D eigenvalue weighted by atomic mass is 9.91. The molecular weight excluding hydrogens is 368 g/mol. The number of aliphatic hydroxyl groups excluding tert-OH is 1. The van der Waals surface area contributed by atoms with E-state index >= 15 is 0 Å². The van der Waals surface area contributed by atoms with Crippen LogP contribution in [0.2, 0.25) is 0 Å². The van der Waals surface area contributed by atoms with Crippen molar-refractivity contribution in [3.8, 4) is 0 Å². The molecule has 0 aromatic heterocycles. The van der Waals surface area contributed by atoms with Crippen molar-refractivity contribution >= 4 is 11.9 Å². The van der Waals surface area contributed by atoms with Gasteiger partial charge in [-0.15, -0.1) is 0 Å². The van der Waals surface area contributed by atoms with E-state index in [4.69, 9.17) is 9.47 Å². The summed E-state index contributed by atoms with van der Waals surface area (Å²) >= 11 is 0. The number of benzene rings is 2. The average molecular weight is 392 g/mol. The fraction of sp³-hybridized carbons (Fsp3) is 0.333. The Morgan fingerprint density at radius 1 is 1.14 bits per heavy atom. The van der Waals surface area contributed by atoms with Crippen molar-refractivity contribution in [3.63, 3.8) is 0 Å². The van der Waals surface area contributed by atoms with Gasteiger partial charge in [0.05, 0.1) is 18.1 Å². The highest BCUT2D eigenvalue weighted by atomic mass is 16.6. The first-order valence-corrected chi connectivity index (χ1v) is 9.96. The summed E-state index contributed by atoms with van der Waals surface area (Å²) in [4.78, 5) is 24.2. The molecule has 29 heavy (non-hydrogen) atoms. The van der Waals surface area contributed by atoms with Crippen LogP contribution in [0.25, 0.3) is 0 Å². The Bertz CT molecular complexity index is 877. The minimum absolute atomic E-state index is 0.0313. The summed E-state index contributed by atoms with van der Waals surface area (Å²) in [5.41, 5.74) is 1.54. The molecule has 2 aliphatic rings. The average Bonchev–Trinajstić information content (AvgIpc) is 3.23. The number of esters is 2. The van der Waals surface area contributed by atoms with Crippen molar-refractivity contribution < 1.29 is 24.2 Å². The van der Waals surface area contributed by atoms with E-state index in [9.17, 15) is 14.7 Å². The molecule has 4 rings (SSSR count). The summed E-state index contributed by atoms with van der Waals surface area (Å²) in [5.74, 6) is -0.790. The zero-order valence-corrected chi connectivity index (χ0v) is 16.0. The highest BCUT2D eigenvalue weighted by molar-refractivity contribution is 5.89. The smallest absolute Gasteiger partial charge is 0.338 e. The summed E-state index contributed by atoms with van der Waals surface area (Å²) in [6.07, 6.45) is 3.66. The Morgan fingerprint density at radius 3 is 2.55 bits per heavy atom. The molecule has 2 fully saturated rings. The highest BCUT2D eigenvalue weighted by Crippen LogP contribution is 2.43. The lowest BCUT2D eigenvalue weighted by molar-refractivity contribution is -0.141. The van der Waals surface area contributed by atoms with E-state index in [1.165, 1.54) is 0 Å². The van der Waals surface area contributed by atoms with Crippen molar-refractivity contribution in [2.45, 2.75) is 37.6 Å². The molecule has 0 radical (unpaired) electrons. The SMILES string of the molecule is O=C1C[C@@H]2[C@@H](/C=C/[C@@H](O)Cc3ccccc3)[C@H](OC(=O)c3ccccc3)C[C@@H]2O1. The molecule has 1 saturated heterocycles. The van der Waals surface area contributed by atoms with Crippen LogP contribution < -0.4 is 0 Å². The Hall–Kier alpha value is -2.92. The second-order valence-electron chi connectivity index (χ2n) is 7.66. The van der Waals surface area contributed by atoms with Gasteiger partial charge in [-0.1, -0.05) is 60.7 Å². The first-order valence-electron chi connectivity index (χ1n) is 9.96. The Morgan fingerprint density at radius 2 is 1.83 bits per heavy atom.